The molecule has 0 unspecified atom stereocenters. The highest BCUT2D eigenvalue weighted by atomic mass is 79.9. The molecule has 1 aromatic heterocycles. The maximum Gasteiger partial charge on any atom is 0.343 e. The summed E-state index contributed by atoms with van der Waals surface area (Å²) in [4.78, 5) is 24.4. The predicted molar refractivity (Wildman–Crippen MR) is 105 cm³/mol. The van der Waals surface area contributed by atoms with E-state index in [4.69, 9.17) is 4.74 Å². The lowest BCUT2D eigenvalue weighted by Crippen LogP contribution is -2.17. The van der Waals surface area contributed by atoms with Crippen molar-refractivity contribution in [2.24, 2.45) is 5.10 Å². The van der Waals surface area contributed by atoms with Crippen molar-refractivity contribution in [3.63, 3.8) is 0 Å². The van der Waals surface area contributed by atoms with Crippen LogP contribution in [-0.2, 0) is 0 Å². The van der Waals surface area contributed by atoms with Crippen LogP contribution in [0.15, 0.2) is 58.1 Å². The van der Waals surface area contributed by atoms with E-state index in [1.165, 1.54) is 6.21 Å². The predicted octanol–water partition coefficient (Wildman–Crippen LogP) is 3.59. The molecule has 0 saturated heterocycles. The van der Waals surface area contributed by atoms with Crippen LogP contribution in [0.3, 0.4) is 0 Å². The fourth-order valence-corrected chi connectivity index (χ4v) is 3.00. The van der Waals surface area contributed by atoms with Crippen molar-refractivity contribution < 1.29 is 14.3 Å². The fourth-order valence-electron chi connectivity index (χ4n) is 2.06. The highest BCUT2D eigenvalue weighted by molar-refractivity contribution is 9.10. The third-order valence-corrected chi connectivity index (χ3v) is 4.71. The molecule has 1 N–H and O–H groups in total. The lowest BCUT2D eigenvalue weighted by atomic mass is 10.2. The van der Waals surface area contributed by atoms with E-state index in [-0.39, 0.29) is 5.91 Å². The summed E-state index contributed by atoms with van der Waals surface area (Å²) in [5.74, 6) is -0.399. The van der Waals surface area contributed by atoms with Crippen molar-refractivity contribution in [2.75, 3.05) is 0 Å². The molecule has 0 atom stereocenters. The molecule has 2 aromatic carbocycles. The second-order valence-corrected chi connectivity index (χ2v) is 7.03. The van der Waals surface area contributed by atoms with Crippen LogP contribution >= 0.6 is 27.5 Å². The number of esters is 1. The zero-order chi connectivity index (χ0) is 19.2. The quantitative estimate of drug-likeness (QED) is 0.280. The zero-order valence-corrected chi connectivity index (χ0v) is 16.5. The number of halogens is 1. The summed E-state index contributed by atoms with van der Waals surface area (Å²) >= 11 is 4.33. The number of aromatic nitrogens is 2. The van der Waals surface area contributed by atoms with E-state index < -0.39 is 5.97 Å². The van der Waals surface area contributed by atoms with Crippen LogP contribution < -0.4 is 10.2 Å². The summed E-state index contributed by atoms with van der Waals surface area (Å²) in [6.07, 6.45) is 1.49. The van der Waals surface area contributed by atoms with Crippen LogP contribution in [0.5, 0.6) is 5.75 Å². The Hall–Kier alpha value is -2.91. The molecule has 0 saturated carbocycles. The Morgan fingerprint density at radius 1 is 1.22 bits per heavy atom. The van der Waals surface area contributed by atoms with Gasteiger partial charge in [0.25, 0.3) is 5.91 Å². The molecule has 27 heavy (non-hydrogen) atoms. The molecule has 0 aliphatic carbocycles. The van der Waals surface area contributed by atoms with Crippen molar-refractivity contribution in [1.82, 2.24) is 15.0 Å². The van der Waals surface area contributed by atoms with Gasteiger partial charge in [0.1, 0.15) is 10.6 Å². The number of hydrazone groups is 1. The Morgan fingerprint density at radius 3 is 2.67 bits per heavy atom. The second-order valence-electron chi connectivity index (χ2n) is 5.36. The number of ether oxygens (including phenoxy) is 1. The maximum atomic E-state index is 12.1. The fraction of sp³-hybridized carbons (Fsp3) is 0.0556. The first-order valence-corrected chi connectivity index (χ1v) is 9.30. The van der Waals surface area contributed by atoms with Crippen LogP contribution in [0.2, 0.25) is 0 Å². The van der Waals surface area contributed by atoms with Gasteiger partial charge in [0.15, 0.2) is 0 Å². The second kappa shape index (κ2) is 8.65. The molecular weight excluding hydrogens is 432 g/mol. The van der Waals surface area contributed by atoms with Gasteiger partial charge in [-0.3, -0.25) is 4.79 Å². The number of aryl methyl sites for hydroxylation is 1. The van der Waals surface area contributed by atoms with E-state index >= 15 is 0 Å². The molecule has 0 spiro atoms. The molecule has 7 nitrogen and oxygen atoms in total. The summed E-state index contributed by atoms with van der Waals surface area (Å²) in [5.41, 5.74) is 4.16. The minimum absolute atomic E-state index is 0.363. The molecule has 1 amide bonds. The van der Waals surface area contributed by atoms with Gasteiger partial charge < -0.3 is 4.74 Å². The van der Waals surface area contributed by atoms with E-state index in [9.17, 15) is 9.59 Å². The zero-order valence-electron chi connectivity index (χ0n) is 14.0. The average Bonchev–Trinajstić information content (AvgIpc) is 3.09. The molecule has 0 bridgehead atoms. The Bertz CT molecular complexity index is 1000. The Kier molecular flexibility index (Phi) is 6.05. The van der Waals surface area contributed by atoms with E-state index in [0.717, 1.165) is 21.6 Å². The summed E-state index contributed by atoms with van der Waals surface area (Å²) in [7, 11) is 0. The number of rotatable bonds is 5. The van der Waals surface area contributed by atoms with Gasteiger partial charge in [0.05, 0.1) is 17.5 Å². The summed E-state index contributed by atoms with van der Waals surface area (Å²) in [5, 5.41) is 7.68. The standard InChI is InChI=1S/C18H13BrN4O3S/c1-11-16(27-23-21-11)17(24)22-20-10-12-5-7-15(8-6-12)26-18(25)13-3-2-4-14(19)9-13/h2-10H,1H3,(H,22,24). The highest BCUT2D eigenvalue weighted by Gasteiger charge is 2.12. The SMILES string of the molecule is Cc1nnsc1C(=O)NN=Cc1ccc(OC(=O)c2cccc(Br)c2)cc1. The number of carbonyl (C=O) groups is 2. The van der Waals surface area contributed by atoms with Crippen molar-refractivity contribution >= 4 is 45.6 Å². The van der Waals surface area contributed by atoms with Crippen molar-refractivity contribution in [2.45, 2.75) is 6.92 Å². The van der Waals surface area contributed by atoms with Crippen LogP contribution in [0.25, 0.3) is 0 Å². The van der Waals surface area contributed by atoms with Gasteiger partial charge in [-0.25, -0.2) is 10.2 Å². The molecule has 1 heterocycles. The maximum absolute atomic E-state index is 12.1. The molecule has 0 aliphatic heterocycles. The minimum atomic E-state index is -0.446. The molecule has 0 aliphatic rings. The van der Waals surface area contributed by atoms with Crippen LogP contribution in [0.1, 0.15) is 31.3 Å². The van der Waals surface area contributed by atoms with E-state index in [1.807, 2.05) is 6.07 Å². The van der Waals surface area contributed by atoms with Gasteiger partial charge in [-0.2, -0.15) is 5.10 Å². The molecule has 0 radical (unpaired) electrons. The van der Waals surface area contributed by atoms with Gasteiger partial charge >= 0.3 is 5.97 Å². The van der Waals surface area contributed by atoms with E-state index in [2.05, 4.69) is 36.0 Å². The normalized spacial score (nSPS) is 10.7. The van der Waals surface area contributed by atoms with Gasteiger partial charge in [0.2, 0.25) is 0 Å². The molecule has 9 heteroatoms. The Balaban J connectivity index is 1.58. The highest BCUT2D eigenvalue weighted by Crippen LogP contribution is 2.16. The number of nitrogens with zero attached hydrogens (tertiary/aromatic N) is 3. The van der Waals surface area contributed by atoms with Crippen molar-refractivity contribution in [3.8, 4) is 5.75 Å². The van der Waals surface area contributed by atoms with Crippen molar-refractivity contribution in [3.05, 3.63) is 74.7 Å². The van der Waals surface area contributed by atoms with Gasteiger partial charge in [-0.05, 0) is 66.5 Å². The van der Waals surface area contributed by atoms with Gasteiger partial charge in [-0.1, -0.05) is 26.5 Å². The topological polar surface area (TPSA) is 93.5 Å². The Morgan fingerprint density at radius 2 is 2.00 bits per heavy atom. The monoisotopic (exact) mass is 444 g/mol. The van der Waals surface area contributed by atoms with Gasteiger partial charge in [0, 0.05) is 4.47 Å². The van der Waals surface area contributed by atoms with E-state index in [0.29, 0.717) is 21.9 Å². The first kappa shape index (κ1) is 18.9. The summed E-state index contributed by atoms with van der Waals surface area (Å²) in [6.45, 7) is 1.70. The lowest BCUT2D eigenvalue weighted by molar-refractivity contribution is 0.0734. The van der Waals surface area contributed by atoms with Gasteiger partial charge in [-0.15, -0.1) is 5.10 Å². The largest absolute Gasteiger partial charge is 0.423 e. The number of carbonyl (C=O) groups excluding carboxylic acids is 2. The molecular formula is C18H13BrN4O3S. The van der Waals surface area contributed by atoms with Crippen molar-refractivity contribution in [1.29, 1.82) is 0 Å². The summed E-state index contributed by atoms with van der Waals surface area (Å²) < 4.78 is 9.83. The smallest absolute Gasteiger partial charge is 0.343 e. The first-order chi connectivity index (χ1) is 13.0. The number of benzene rings is 2. The summed E-state index contributed by atoms with van der Waals surface area (Å²) in [6, 6.07) is 13.7. The first-order valence-electron chi connectivity index (χ1n) is 7.73. The van der Waals surface area contributed by atoms with E-state index in [1.54, 1.807) is 49.4 Å². The lowest BCUT2D eigenvalue weighted by Gasteiger charge is -2.05. The van der Waals surface area contributed by atoms with Crippen LogP contribution in [0.4, 0.5) is 0 Å². The third-order valence-electron chi connectivity index (χ3n) is 3.39. The number of hydrogen-bond donors (Lipinski definition) is 1. The molecule has 3 aromatic rings. The Labute approximate surface area is 167 Å². The van der Waals surface area contributed by atoms with Crippen LogP contribution in [0, 0.1) is 6.92 Å². The molecule has 0 fully saturated rings. The average molecular weight is 445 g/mol. The number of amides is 1. The number of nitrogens with one attached hydrogen (secondary N) is 1. The van der Waals surface area contributed by atoms with Crippen LogP contribution in [-0.4, -0.2) is 27.7 Å². The third kappa shape index (κ3) is 5.05. The number of hydrogen-bond acceptors (Lipinski definition) is 7. The molecule has 3 rings (SSSR count). The minimum Gasteiger partial charge on any atom is -0.423 e. The molecule has 136 valence electrons.